The van der Waals surface area contributed by atoms with Gasteiger partial charge >= 0.3 is 0 Å². The van der Waals surface area contributed by atoms with Gasteiger partial charge in [0.1, 0.15) is 0 Å². The highest BCUT2D eigenvalue weighted by atomic mass is 16.4. The lowest BCUT2D eigenvalue weighted by molar-refractivity contribution is -0.134. The van der Waals surface area contributed by atoms with Crippen LogP contribution in [0.5, 0.6) is 0 Å². The summed E-state index contributed by atoms with van der Waals surface area (Å²) < 4.78 is 0. The predicted molar refractivity (Wildman–Crippen MR) is 95.8 cm³/mol. The van der Waals surface area contributed by atoms with Gasteiger partial charge < -0.3 is 16.6 Å². The van der Waals surface area contributed by atoms with Gasteiger partial charge in [0.25, 0.3) is 5.97 Å². The lowest BCUT2D eigenvalue weighted by Crippen LogP contribution is -2.20. The summed E-state index contributed by atoms with van der Waals surface area (Å²) in [6.45, 7) is 15.7. The highest BCUT2D eigenvalue weighted by Gasteiger charge is 2.10. The van der Waals surface area contributed by atoms with E-state index in [1.165, 1.54) is 31.3 Å². The molecule has 0 fully saturated rings. The van der Waals surface area contributed by atoms with E-state index in [4.69, 9.17) is 15.3 Å². The fraction of sp³-hybridized carbons (Fsp3) is 0.647. The topological polar surface area (TPSA) is 113 Å². The third-order valence-corrected chi connectivity index (χ3v) is 3.12. The van der Waals surface area contributed by atoms with Gasteiger partial charge in [-0.05, 0) is 38.0 Å². The van der Waals surface area contributed by atoms with E-state index in [2.05, 4.69) is 45.4 Å². The maximum absolute atomic E-state index is 9.00. The number of aliphatic carboxylic acids is 1. The summed E-state index contributed by atoms with van der Waals surface area (Å²) in [5.74, 6) is 0.405. The molecule has 0 aliphatic rings. The monoisotopic (exact) mass is 313 g/mol. The maximum atomic E-state index is 9.00. The van der Waals surface area contributed by atoms with Crippen LogP contribution in [0.15, 0.2) is 24.8 Å². The van der Waals surface area contributed by atoms with Crippen LogP contribution in [0, 0.1) is 17.2 Å². The van der Waals surface area contributed by atoms with Gasteiger partial charge in [0.2, 0.25) is 0 Å². The number of hydrogen-bond acceptors (Lipinski definition) is 2. The second-order valence-corrected chi connectivity index (χ2v) is 5.47. The van der Waals surface area contributed by atoms with Crippen LogP contribution >= 0.6 is 0 Å². The average Bonchev–Trinajstić information content (AvgIpc) is 2.36. The molecule has 0 aliphatic heterocycles. The van der Waals surface area contributed by atoms with Gasteiger partial charge in [-0.1, -0.05) is 44.9 Å². The minimum Gasteiger partial charge on any atom is -0.481 e. The number of guanidine groups is 1. The zero-order valence-electron chi connectivity index (χ0n) is 14.7. The molecule has 0 radical (unpaired) electrons. The van der Waals surface area contributed by atoms with Gasteiger partial charge in [-0.15, -0.1) is 6.58 Å². The highest BCUT2D eigenvalue weighted by molar-refractivity contribution is 5.71. The van der Waals surface area contributed by atoms with Crippen LogP contribution < -0.4 is 11.5 Å². The molecule has 22 heavy (non-hydrogen) atoms. The Morgan fingerprint density at radius 3 is 1.95 bits per heavy atom. The van der Waals surface area contributed by atoms with Gasteiger partial charge in [0, 0.05) is 6.92 Å². The summed E-state index contributed by atoms with van der Waals surface area (Å²) in [6.07, 6.45) is 8.31. The molecule has 6 N–H and O–H groups in total. The van der Waals surface area contributed by atoms with E-state index in [0.717, 1.165) is 19.3 Å². The van der Waals surface area contributed by atoms with E-state index in [1.54, 1.807) is 0 Å². The van der Waals surface area contributed by atoms with Crippen LogP contribution in [0.25, 0.3) is 0 Å². The lowest BCUT2D eigenvalue weighted by atomic mass is 9.88. The quantitative estimate of drug-likeness (QED) is 0.309. The van der Waals surface area contributed by atoms with Crippen molar-refractivity contribution < 1.29 is 9.90 Å². The van der Waals surface area contributed by atoms with E-state index in [1.807, 2.05) is 6.08 Å². The molecule has 0 saturated carbocycles. The number of rotatable bonds is 8. The molecule has 0 saturated heterocycles. The van der Waals surface area contributed by atoms with Gasteiger partial charge in [-0.3, -0.25) is 10.2 Å². The van der Waals surface area contributed by atoms with Crippen LogP contribution in [-0.4, -0.2) is 17.0 Å². The first-order valence-corrected chi connectivity index (χ1v) is 7.63. The number of nitrogens with one attached hydrogen (secondary N) is 1. The maximum Gasteiger partial charge on any atom is 0.300 e. The normalized spacial score (nSPS) is 11.6. The third kappa shape index (κ3) is 30.9. The summed E-state index contributed by atoms with van der Waals surface area (Å²) in [7, 11) is 0. The molecule has 0 aromatic carbocycles. The van der Waals surface area contributed by atoms with Crippen molar-refractivity contribution in [3.63, 3.8) is 0 Å². The SMILES string of the molecule is C=CCCC(CCC(C)CC)C(=C)C.CC(=O)O.N=C(N)N. The number of carbonyl (C=O) groups is 1. The Balaban J connectivity index is -0.000000372. The molecule has 0 heterocycles. The minimum absolute atomic E-state index is 0.333. The Kier molecular flexibility index (Phi) is 19.8. The number of allylic oxidation sites excluding steroid dienone is 2. The Morgan fingerprint density at radius 2 is 1.68 bits per heavy atom. The average molecular weight is 313 g/mol. The minimum atomic E-state index is -0.833. The molecule has 0 aromatic rings. The Hall–Kier alpha value is -1.78. The number of hydrogen-bond donors (Lipinski definition) is 4. The van der Waals surface area contributed by atoms with Gasteiger partial charge in [0.05, 0.1) is 0 Å². The molecule has 5 nitrogen and oxygen atoms in total. The Morgan fingerprint density at radius 1 is 1.27 bits per heavy atom. The van der Waals surface area contributed by atoms with Crippen molar-refractivity contribution in [2.45, 2.75) is 59.8 Å². The van der Waals surface area contributed by atoms with Gasteiger partial charge in [0.15, 0.2) is 5.96 Å². The molecule has 0 bridgehead atoms. The summed E-state index contributed by atoms with van der Waals surface area (Å²) >= 11 is 0. The summed E-state index contributed by atoms with van der Waals surface area (Å²) in [5, 5.41) is 13.5. The third-order valence-electron chi connectivity index (χ3n) is 3.12. The van der Waals surface area contributed by atoms with Crippen molar-refractivity contribution in [1.29, 1.82) is 5.41 Å². The second kappa shape index (κ2) is 17.3. The van der Waals surface area contributed by atoms with Crippen molar-refractivity contribution in [2.75, 3.05) is 0 Å². The largest absolute Gasteiger partial charge is 0.481 e. The van der Waals surface area contributed by atoms with E-state index >= 15 is 0 Å². The van der Waals surface area contributed by atoms with Crippen molar-refractivity contribution in [2.24, 2.45) is 23.3 Å². The number of carboxylic acid groups (broad SMARTS) is 1. The van der Waals surface area contributed by atoms with Crippen molar-refractivity contribution in [3.05, 3.63) is 24.8 Å². The zero-order valence-corrected chi connectivity index (χ0v) is 14.7. The molecule has 5 heteroatoms. The molecular weight excluding hydrogens is 278 g/mol. The first-order valence-electron chi connectivity index (χ1n) is 7.63. The first-order chi connectivity index (χ1) is 10.1. The summed E-state index contributed by atoms with van der Waals surface area (Å²) in [4.78, 5) is 9.00. The zero-order chi connectivity index (χ0) is 18.1. The summed E-state index contributed by atoms with van der Waals surface area (Å²) in [6, 6.07) is 0. The van der Waals surface area contributed by atoms with Crippen LogP contribution in [0.2, 0.25) is 0 Å². The molecule has 0 aromatic heterocycles. The molecule has 130 valence electrons. The van der Waals surface area contributed by atoms with E-state index in [9.17, 15) is 0 Å². The van der Waals surface area contributed by atoms with E-state index < -0.39 is 5.97 Å². The van der Waals surface area contributed by atoms with Crippen LogP contribution in [0.4, 0.5) is 0 Å². The molecular formula is C17H35N3O2. The van der Waals surface area contributed by atoms with Crippen LogP contribution in [0.3, 0.4) is 0 Å². The molecule has 0 rings (SSSR count). The lowest BCUT2D eigenvalue weighted by Gasteiger charge is -2.18. The van der Waals surface area contributed by atoms with Gasteiger partial charge in [-0.25, -0.2) is 0 Å². The molecule has 0 amide bonds. The van der Waals surface area contributed by atoms with Crippen molar-refractivity contribution in [1.82, 2.24) is 0 Å². The fourth-order valence-corrected chi connectivity index (χ4v) is 1.65. The molecule has 2 atom stereocenters. The van der Waals surface area contributed by atoms with E-state index in [-0.39, 0.29) is 5.96 Å². The van der Waals surface area contributed by atoms with Gasteiger partial charge in [-0.2, -0.15) is 0 Å². The van der Waals surface area contributed by atoms with Crippen LogP contribution in [0.1, 0.15) is 59.8 Å². The summed E-state index contributed by atoms with van der Waals surface area (Å²) in [5.41, 5.74) is 10.3. The first kappa shape index (κ1) is 25.2. The molecule has 0 spiro atoms. The highest BCUT2D eigenvalue weighted by Crippen LogP contribution is 2.24. The standard InChI is InChI=1S/C14H26.C2H4O2.CH5N3/c1-6-8-9-14(12(3)4)11-10-13(5)7-2;1-2(3)4;2-1(3)4/h6,13-14H,1,3,7-11H2,2,4-5H3;1H3,(H,3,4);(H5,2,3,4). The van der Waals surface area contributed by atoms with Crippen LogP contribution in [-0.2, 0) is 4.79 Å². The van der Waals surface area contributed by atoms with E-state index in [0.29, 0.717) is 5.92 Å². The Bertz CT molecular complexity index is 308. The van der Waals surface area contributed by atoms with Crippen molar-refractivity contribution in [3.8, 4) is 0 Å². The predicted octanol–water partition coefficient (Wildman–Crippen LogP) is 3.90. The van der Waals surface area contributed by atoms with Crippen molar-refractivity contribution >= 4 is 11.9 Å². The molecule has 0 aliphatic carbocycles. The fourth-order valence-electron chi connectivity index (χ4n) is 1.65. The smallest absolute Gasteiger partial charge is 0.300 e. The Labute approximate surface area is 136 Å². The number of carboxylic acids is 1. The number of nitrogens with two attached hydrogens (primary N) is 2. The second-order valence-electron chi connectivity index (χ2n) is 5.47. The molecule has 2 unspecified atom stereocenters.